The number of carbonyl (C=O) groups is 1. The summed E-state index contributed by atoms with van der Waals surface area (Å²) in [6.07, 6.45) is 2.93. The minimum Gasteiger partial charge on any atom is -0.493 e. The van der Waals surface area contributed by atoms with Gasteiger partial charge in [0, 0.05) is 6.20 Å². The van der Waals surface area contributed by atoms with Crippen LogP contribution in [0.25, 0.3) is 5.65 Å². The minimum absolute atomic E-state index is 0.0782. The van der Waals surface area contributed by atoms with Crippen molar-refractivity contribution in [3.05, 3.63) is 54.0 Å². The number of carbonyl (C=O) groups excluding carboxylic acids is 1. The highest BCUT2D eigenvalue weighted by molar-refractivity contribution is 5.79. The molecule has 0 radical (unpaired) electrons. The first-order chi connectivity index (χ1) is 13.5. The third-order valence-electron chi connectivity index (χ3n) is 4.51. The summed E-state index contributed by atoms with van der Waals surface area (Å²) in [4.78, 5) is 12.7. The van der Waals surface area contributed by atoms with Gasteiger partial charge in [0.05, 0.1) is 26.7 Å². The van der Waals surface area contributed by atoms with Crippen LogP contribution >= 0.6 is 0 Å². The maximum Gasteiger partial charge on any atom is 0.225 e. The Balaban J connectivity index is 1.78. The van der Waals surface area contributed by atoms with E-state index >= 15 is 0 Å². The molecule has 0 spiro atoms. The van der Waals surface area contributed by atoms with E-state index in [0.29, 0.717) is 17.4 Å². The molecule has 0 aliphatic rings. The highest BCUT2D eigenvalue weighted by atomic mass is 16.5. The van der Waals surface area contributed by atoms with Crippen molar-refractivity contribution in [1.82, 2.24) is 19.9 Å². The van der Waals surface area contributed by atoms with E-state index in [0.717, 1.165) is 23.5 Å². The largest absolute Gasteiger partial charge is 0.493 e. The van der Waals surface area contributed by atoms with Crippen molar-refractivity contribution < 1.29 is 14.3 Å². The molecule has 2 heterocycles. The minimum atomic E-state index is -0.218. The van der Waals surface area contributed by atoms with Gasteiger partial charge in [0.15, 0.2) is 23.0 Å². The summed E-state index contributed by atoms with van der Waals surface area (Å²) in [7, 11) is 3.17. The topological polar surface area (TPSA) is 77.8 Å². The van der Waals surface area contributed by atoms with Gasteiger partial charge in [-0.2, -0.15) is 0 Å². The summed E-state index contributed by atoms with van der Waals surface area (Å²) in [6, 6.07) is 11.0. The molecule has 1 aromatic carbocycles. The number of pyridine rings is 1. The molecule has 1 unspecified atom stereocenters. The number of methoxy groups -OCH3 is 2. The molecular weight excluding hydrogens is 356 g/mol. The maximum atomic E-state index is 12.7. The Bertz CT molecular complexity index is 952. The number of fused-ring (bicyclic) bond motifs is 1. The molecule has 1 atom stereocenters. The van der Waals surface area contributed by atoms with Crippen LogP contribution in [0.2, 0.25) is 0 Å². The van der Waals surface area contributed by atoms with Crippen molar-refractivity contribution in [1.29, 1.82) is 0 Å². The Hall–Kier alpha value is -3.09. The van der Waals surface area contributed by atoms with Crippen LogP contribution in [0.15, 0.2) is 42.6 Å². The Morgan fingerprint density at radius 3 is 2.61 bits per heavy atom. The number of amides is 1. The summed E-state index contributed by atoms with van der Waals surface area (Å²) in [6.45, 7) is 4.24. The van der Waals surface area contributed by atoms with E-state index in [2.05, 4.69) is 29.4 Å². The zero-order valence-electron chi connectivity index (χ0n) is 16.7. The standard InChI is InChI=1S/C21H26N4O3/c1-14(2)11-16(21-24-23-19-7-5-6-10-25(19)21)22-20(26)13-15-8-9-17(27-3)18(12-15)28-4/h5-10,12,14,16H,11,13H2,1-4H3,(H,22,26). The van der Waals surface area contributed by atoms with Gasteiger partial charge in [0.2, 0.25) is 5.91 Å². The van der Waals surface area contributed by atoms with Crippen molar-refractivity contribution >= 4 is 11.6 Å². The molecule has 7 heteroatoms. The number of rotatable bonds is 8. The lowest BCUT2D eigenvalue weighted by molar-refractivity contribution is -0.121. The van der Waals surface area contributed by atoms with Crippen molar-refractivity contribution in [2.24, 2.45) is 5.92 Å². The van der Waals surface area contributed by atoms with Gasteiger partial charge in [-0.15, -0.1) is 10.2 Å². The number of aromatic nitrogens is 3. The number of nitrogens with zero attached hydrogens (tertiary/aromatic N) is 3. The molecule has 0 fully saturated rings. The van der Waals surface area contributed by atoms with Crippen LogP contribution in [0, 0.1) is 5.92 Å². The van der Waals surface area contributed by atoms with Crippen molar-refractivity contribution in [3.8, 4) is 11.5 Å². The van der Waals surface area contributed by atoms with E-state index in [4.69, 9.17) is 9.47 Å². The summed E-state index contributed by atoms with van der Waals surface area (Å²) in [5, 5.41) is 11.7. The van der Waals surface area contributed by atoms with E-state index in [9.17, 15) is 4.79 Å². The number of ether oxygens (including phenoxy) is 2. The predicted molar refractivity (Wildman–Crippen MR) is 107 cm³/mol. The number of hydrogen-bond donors (Lipinski definition) is 1. The fourth-order valence-electron chi connectivity index (χ4n) is 3.22. The lowest BCUT2D eigenvalue weighted by atomic mass is 10.0. The first-order valence-corrected chi connectivity index (χ1v) is 9.31. The molecule has 0 saturated heterocycles. The first kappa shape index (κ1) is 19.7. The second-order valence-electron chi connectivity index (χ2n) is 7.10. The van der Waals surface area contributed by atoms with Crippen LogP contribution in [-0.2, 0) is 11.2 Å². The van der Waals surface area contributed by atoms with Gasteiger partial charge in [-0.25, -0.2) is 0 Å². The Morgan fingerprint density at radius 1 is 1.11 bits per heavy atom. The van der Waals surface area contributed by atoms with Crippen LogP contribution in [-0.4, -0.2) is 34.7 Å². The molecule has 1 N–H and O–H groups in total. The second kappa shape index (κ2) is 8.73. The Labute approximate surface area is 164 Å². The monoisotopic (exact) mass is 382 g/mol. The van der Waals surface area contributed by atoms with E-state index in [-0.39, 0.29) is 18.4 Å². The molecule has 148 valence electrons. The fourth-order valence-corrected chi connectivity index (χ4v) is 3.22. The zero-order chi connectivity index (χ0) is 20.1. The first-order valence-electron chi connectivity index (χ1n) is 9.31. The van der Waals surface area contributed by atoms with Crippen molar-refractivity contribution in [3.63, 3.8) is 0 Å². The molecule has 28 heavy (non-hydrogen) atoms. The van der Waals surface area contributed by atoms with Gasteiger partial charge in [-0.1, -0.05) is 26.0 Å². The maximum absolute atomic E-state index is 12.7. The van der Waals surface area contributed by atoms with E-state index in [1.165, 1.54) is 0 Å². The summed E-state index contributed by atoms with van der Waals surface area (Å²) in [5.74, 6) is 2.30. The molecule has 0 aliphatic heterocycles. The highest BCUT2D eigenvalue weighted by Crippen LogP contribution is 2.28. The van der Waals surface area contributed by atoms with Crippen LogP contribution in [0.1, 0.15) is 37.7 Å². The van der Waals surface area contributed by atoms with Crippen LogP contribution < -0.4 is 14.8 Å². The lowest BCUT2D eigenvalue weighted by Gasteiger charge is -2.19. The van der Waals surface area contributed by atoms with Crippen LogP contribution in [0.3, 0.4) is 0 Å². The van der Waals surface area contributed by atoms with Crippen LogP contribution in [0.4, 0.5) is 0 Å². The third-order valence-corrected chi connectivity index (χ3v) is 4.51. The molecule has 0 bridgehead atoms. The summed E-state index contributed by atoms with van der Waals surface area (Å²) in [5.41, 5.74) is 1.62. The van der Waals surface area contributed by atoms with E-state index in [1.807, 2.05) is 40.9 Å². The lowest BCUT2D eigenvalue weighted by Crippen LogP contribution is -2.32. The van der Waals surface area contributed by atoms with Gasteiger partial charge < -0.3 is 14.8 Å². The molecule has 0 saturated carbocycles. The van der Waals surface area contributed by atoms with Crippen molar-refractivity contribution in [2.75, 3.05) is 14.2 Å². The van der Waals surface area contributed by atoms with Gasteiger partial charge >= 0.3 is 0 Å². The fraction of sp³-hybridized carbons (Fsp3) is 0.381. The zero-order valence-corrected chi connectivity index (χ0v) is 16.7. The smallest absolute Gasteiger partial charge is 0.225 e. The van der Waals surface area contributed by atoms with Gasteiger partial charge in [0.25, 0.3) is 0 Å². The molecule has 3 aromatic rings. The van der Waals surface area contributed by atoms with E-state index in [1.54, 1.807) is 20.3 Å². The SMILES string of the molecule is COc1ccc(CC(=O)NC(CC(C)C)c2nnc3ccccn23)cc1OC. The normalized spacial score (nSPS) is 12.2. The summed E-state index contributed by atoms with van der Waals surface area (Å²) < 4.78 is 12.5. The number of hydrogen-bond acceptors (Lipinski definition) is 5. The quantitative estimate of drug-likeness (QED) is 0.647. The molecule has 7 nitrogen and oxygen atoms in total. The third kappa shape index (κ3) is 4.42. The van der Waals surface area contributed by atoms with Gasteiger partial charge in [0.1, 0.15) is 0 Å². The molecule has 2 aromatic heterocycles. The molecular formula is C21H26N4O3. The van der Waals surface area contributed by atoms with E-state index < -0.39 is 0 Å². The molecule has 1 amide bonds. The van der Waals surface area contributed by atoms with Crippen LogP contribution in [0.5, 0.6) is 11.5 Å². The van der Waals surface area contributed by atoms with Gasteiger partial charge in [-0.05, 0) is 42.2 Å². The molecule has 3 rings (SSSR count). The van der Waals surface area contributed by atoms with Gasteiger partial charge in [-0.3, -0.25) is 9.20 Å². The molecule has 0 aliphatic carbocycles. The Kier molecular flexibility index (Phi) is 6.13. The van der Waals surface area contributed by atoms with Crippen molar-refractivity contribution in [2.45, 2.75) is 32.7 Å². The predicted octanol–water partition coefficient (Wildman–Crippen LogP) is 3.19. The summed E-state index contributed by atoms with van der Waals surface area (Å²) >= 11 is 0. The second-order valence-corrected chi connectivity index (χ2v) is 7.10. The average molecular weight is 382 g/mol. The number of benzene rings is 1. The highest BCUT2D eigenvalue weighted by Gasteiger charge is 2.22. The Morgan fingerprint density at radius 2 is 1.89 bits per heavy atom. The average Bonchev–Trinajstić information content (AvgIpc) is 3.11. The number of nitrogens with one attached hydrogen (secondary N) is 1.